The summed E-state index contributed by atoms with van der Waals surface area (Å²) in [5, 5.41) is 5.19. The van der Waals surface area contributed by atoms with E-state index in [1.807, 2.05) is 6.92 Å². The summed E-state index contributed by atoms with van der Waals surface area (Å²) in [5.74, 6) is -2.44. The molecule has 33 heavy (non-hydrogen) atoms. The van der Waals surface area contributed by atoms with Crippen LogP contribution in [0.2, 0.25) is 0 Å². The number of nitrogens with one attached hydrogen (secondary N) is 2. The molecule has 3 fully saturated rings. The van der Waals surface area contributed by atoms with E-state index in [1.54, 1.807) is 47.0 Å². The highest BCUT2D eigenvalue weighted by Gasteiger charge is 2.60. The molecular formula is C22H27N5O5S. The molecule has 3 aliphatic rings. The SMILES string of the molecule is CC1N2C(=O)C(NC(=O)C(NC(=O)N3CCN(C)C(=O)C3=O)c3ccccc3)C2SC1(C)C. The minimum atomic E-state index is -1.14. The molecule has 0 bridgehead atoms. The summed E-state index contributed by atoms with van der Waals surface area (Å²) in [6.45, 7) is 6.35. The van der Waals surface area contributed by atoms with Crippen molar-refractivity contribution in [1.82, 2.24) is 25.3 Å². The summed E-state index contributed by atoms with van der Waals surface area (Å²) >= 11 is 1.63. The average Bonchev–Trinajstić information content (AvgIpc) is 3.00. The Morgan fingerprint density at radius 2 is 1.76 bits per heavy atom. The van der Waals surface area contributed by atoms with Crippen LogP contribution in [0, 0.1) is 0 Å². The molecule has 1 aromatic carbocycles. The Morgan fingerprint density at radius 1 is 1.09 bits per heavy atom. The summed E-state index contributed by atoms with van der Waals surface area (Å²) in [6, 6.07) is 5.93. The van der Waals surface area contributed by atoms with Gasteiger partial charge in [0.2, 0.25) is 11.8 Å². The summed E-state index contributed by atoms with van der Waals surface area (Å²) in [7, 11) is 1.48. The van der Waals surface area contributed by atoms with Crippen molar-refractivity contribution in [2.45, 2.75) is 49.0 Å². The molecule has 4 atom stereocenters. The quantitative estimate of drug-likeness (QED) is 0.480. The van der Waals surface area contributed by atoms with Crippen LogP contribution in [-0.4, -0.2) is 86.7 Å². The van der Waals surface area contributed by atoms with Crippen LogP contribution in [0.3, 0.4) is 0 Å². The summed E-state index contributed by atoms with van der Waals surface area (Å²) < 4.78 is -0.138. The van der Waals surface area contributed by atoms with Gasteiger partial charge in [-0.15, -0.1) is 11.8 Å². The first-order valence-electron chi connectivity index (χ1n) is 10.8. The normalized spacial score (nSPS) is 27.1. The van der Waals surface area contributed by atoms with Crippen LogP contribution >= 0.6 is 11.8 Å². The molecular weight excluding hydrogens is 446 g/mol. The monoisotopic (exact) mass is 473 g/mol. The molecule has 3 heterocycles. The van der Waals surface area contributed by atoms with Crippen molar-refractivity contribution in [3.63, 3.8) is 0 Å². The van der Waals surface area contributed by atoms with E-state index in [2.05, 4.69) is 24.5 Å². The number of likely N-dealkylation sites (N-methyl/N-ethyl adjacent to an activating group) is 1. The molecule has 0 aromatic heterocycles. The molecule has 3 aliphatic heterocycles. The van der Waals surface area contributed by atoms with Crippen molar-refractivity contribution >= 4 is 41.4 Å². The van der Waals surface area contributed by atoms with Gasteiger partial charge in [-0.05, 0) is 26.3 Å². The Balaban J connectivity index is 1.51. The number of hydrogen-bond acceptors (Lipinski definition) is 6. The predicted molar refractivity (Wildman–Crippen MR) is 121 cm³/mol. The highest BCUT2D eigenvalue weighted by molar-refractivity contribution is 8.01. The second-order valence-corrected chi connectivity index (χ2v) is 10.8. The lowest BCUT2D eigenvalue weighted by Gasteiger charge is -2.44. The van der Waals surface area contributed by atoms with E-state index in [0.717, 1.165) is 4.90 Å². The first kappa shape index (κ1) is 23.1. The van der Waals surface area contributed by atoms with E-state index >= 15 is 0 Å². The molecule has 10 nitrogen and oxygen atoms in total. The van der Waals surface area contributed by atoms with Gasteiger partial charge in [-0.2, -0.15) is 0 Å². The second-order valence-electron chi connectivity index (χ2n) is 9.00. The maximum Gasteiger partial charge on any atom is 0.325 e. The van der Waals surface area contributed by atoms with Gasteiger partial charge in [-0.25, -0.2) is 4.79 Å². The minimum Gasteiger partial charge on any atom is -0.340 e. The van der Waals surface area contributed by atoms with Gasteiger partial charge in [-0.1, -0.05) is 30.3 Å². The van der Waals surface area contributed by atoms with E-state index < -0.39 is 35.8 Å². The molecule has 176 valence electrons. The summed E-state index contributed by atoms with van der Waals surface area (Å²) in [6.07, 6.45) is 0. The fraction of sp³-hybridized carbons (Fsp3) is 0.500. The Kier molecular flexibility index (Phi) is 5.85. The van der Waals surface area contributed by atoms with Crippen LogP contribution in [0.4, 0.5) is 4.79 Å². The third-order valence-corrected chi connectivity index (χ3v) is 8.26. The molecule has 0 spiro atoms. The van der Waals surface area contributed by atoms with E-state index in [0.29, 0.717) is 5.56 Å². The van der Waals surface area contributed by atoms with Crippen LogP contribution in [-0.2, 0) is 19.2 Å². The van der Waals surface area contributed by atoms with E-state index in [1.165, 1.54) is 11.9 Å². The highest BCUT2D eigenvalue weighted by atomic mass is 32.2. The lowest BCUT2D eigenvalue weighted by Crippen LogP contribution is -2.69. The molecule has 0 radical (unpaired) electrons. The van der Waals surface area contributed by atoms with Crippen molar-refractivity contribution in [3.8, 4) is 0 Å². The number of thioether (sulfide) groups is 1. The van der Waals surface area contributed by atoms with E-state index in [-0.39, 0.29) is 35.2 Å². The van der Waals surface area contributed by atoms with Crippen LogP contribution in [0.1, 0.15) is 32.4 Å². The third-order valence-electron chi connectivity index (χ3n) is 6.57. The molecule has 4 unspecified atom stereocenters. The fourth-order valence-electron chi connectivity index (χ4n) is 4.21. The van der Waals surface area contributed by atoms with Gasteiger partial charge in [0.15, 0.2) is 0 Å². The van der Waals surface area contributed by atoms with Gasteiger partial charge in [0.25, 0.3) is 0 Å². The van der Waals surface area contributed by atoms with E-state index in [4.69, 9.17) is 0 Å². The molecule has 3 saturated heterocycles. The molecule has 0 saturated carbocycles. The number of imide groups is 1. The standard InChI is InChI=1S/C22H27N5O5S/c1-12-22(2,3)33-20-15(17(29)27(12)20)23-16(28)14(13-8-6-5-7-9-13)24-21(32)26-11-10-25(4)18(30)19(26)31/h5-9,12,14-15,20H,10-11H2,1-4H3,(H,23,28)(H,24,32). The van der Waals surface area contributed by atoms with Crippen LogP contribution in [0.5, 0.6) is 0 Å². The van der Waals surface area contributed by atoms with Gasteiger partial charge in [-0.3, -0.25) is 24.1 Å². The molecule has 6 amide bonds. The first-order valence-corrected chi connectivity index (χ1v) is 11.6. The fourth-order valence-corrected chi connectivity index (χ4v) is 5.86. The topological polar surface area (TPSA) is 119 Å². The molecule has 0 aliphatic carbocycles. The maximum atomic E-state index is 13.3. The lowest BCUT2D eigenvalue weighted by atomic mass is 9.97. The minimum absolute atomic E-state index is 0.0256. The van der Waals surface area contributed by atoms with Crippen molar-refractivity contribution < 1.29 is 24.0 Å². The van der Waals surface area contributed by atoms with Crippen LogP contribution < -0.4 is 10.6 Å². The summed E-state index contributed by atoms with van der Waals surface area (Å²) in [5.41, 5.74) is 0.493. The van der Waals surface area contributed by atoms with Crippen molar-refractivity contribution in [1.29, 1.82) is 0 Å². The number of carbonyl (C=O) groups excluding carboxylic acids is 5. The van der Waals surface area contributed by atoms with Gasteiger partial charge < -0.3 is 20.4 Å². The van der Waals surface area contributed by atoms with Crippen molar-refractivity contribution in [2.24, 2.45) is 0 Å². The highest BCUT2D eigenvalue weighted by Crippen LogP contribution is 2.50. The van der Waals surface area contributed by atoms with Gasteiger partial charge in [0.1, 0.15) is 17.5 Å². The number of nitrogens with zero attached hydrogens (tertiary/aromatic N) is 3. The molecule has 2 N–H and O–H groups in total. The number of β-lactam (4-membered cyclic amide) rings is 1. The van der Waals surface area contributed by atoms with Gasteiger partial charge >= 0.3 is 17.8 Å². The van der Waals surface area contributed by atoms with Crippen molar-refractivity contribution in [2.75, 3.05) is 20.1 Å². The number of urea groups is 1. The maximum absolute atomic E-state index is 13.3. The molecule has 4 rings (SSSR count). The number of piperazine rings is 1. The second kappa shape index (κ2) is 8.36. The van der Waals surface area contributed by atoms with Crippen LogP contribution in [0.25, 0.3) is 0 Å². The Hall–Kier alpha value is -3.08. The largest absolute Gasteiger partial charge is 0.340 e. The third kappa shape index (κ3) is 3.94. The molecule has 11 heteroatoms. The summed E-state index contributed by atoms with van der Waals surface area (Å²) in [4.78, 5) is 66.9. The van der Waals surface area contributed by atoms with Crippen molar-refractivity contribution in [3.05, 3.63) is 35.9 Å². The number of benzene rings is 1. The Labute approximate surface area is 196 Å². The number of hydrogen-bond donors (Lipinski definition) is 2. The predicted octanol–water partition coefficient (Wildman–Crippen LogP) is 0.305. The van der Waals surface area contributed by atoms with Crippen LogP contribution in [0.15, 0.2) is 30.3 Å². The first-order chi connectivity index (χ1) is 15.5. The smallest absolute Gasteiger partial charge is 0.325 e. The number of amides is 6. The number of rotatable bonds is 4. The zero-order chi connectivity index (χ0) is 24.1. The zero-order valence-corrected chi connectivity index (χ0v) is 19.7. The van der Waals surface area contributed by atoms with Gasteiger partial charge in [0, 0.05) is 30.9 Å². The Morgan fingerprint density at radius 3 is 2.42 bits per heavy atom. The van der Waals surface area contributed by atoms with E-state index in [9.17, 15) is 24.0 Å². The van der Waals surface area contributed by atoms with Gasteiger partial charge in [0.05, 0.1) is 0 Å². The number of carbonyl (C=O) groups is 5. The zero-order valence-electron chi connectivity index (χ0n) is 18.9. The Bertz CT molecular complexity index is 1020. The average molecular weight is 474 g/mol. The number of fused-ring (bicyclic) bond motifs is 1. The molecule has 1 aromatic rings. The lowest BCUT2D eigenvalue weighted by molar-refractivity contribution is -0.152.